The van der Waals surface area contributed by atoms with Crippen LogP contribution < -0.4 is 5.43 Å². The Labute approximate surface area is 132 Å². The lowest BCUT2D eigenvalue weighted by Gasteiger charge is -2.10. The van der Waals surface area contributed by atoms with Crippen LogP contribution >= 0.6 is 0 Å². The summed E-state index contributed by atoms with van der Waals surface area (Å²) in [5.74, 6) is 0.268. The number of pyridine rings is 1. The first kappa shape index (κ1) is 15.6. The predicted molar refractivity (Wildman–Crippen MR) is 82.4 cm³/mol. The highest BCUT2D eigenvalue weighted by atomic mass is 19.4. The van der Waals surface area contributed by atoms with Gasteiger partial charge in [-0.25, -0.2) is 4.98 Å². The smallest absolute Gasteiger partial charge is 0.351 e. The Bertz CT molecular complexity index is 667. The molecule has 1 fully saturated rings. The van der Waals surface area contributed by atoms with E-state index in [1.807, 2.05) is 18.5 Å². The van der Waals surface area contributed by atoms with Gasteiger partial charge in [0.15, 0.2) is 0 Å². The number of hydrogen-bond acceptors (Lipinski definition) is 3. The molecule has 1 N–H and O–H groups in total. The Kier molecular flexibility index (Phi) is 4.36. The van der Waals surface area contributed by atoms with E-state index in [-0.39, 0.29) is 5.82 Å². The SMILES string of the molecule is FC(F)(F)c1ccc(N/N=C/c2ccn(C3CCCC3)c2)nc1. The normalized spacial score (nSPS) is 16.3. The van der Waals surface area contributed by atoms with Crippen LogP contribution in [-0.2, 0) is 6.18 Å². The molecule has 1 aliphatic carbocycles. The second kappa shape index (κ2) is 6.44. The zero-order chi connectivity index (χ0) is 16.3. The molecule has 122 valence electrons. The topological polar surface area (TPSA) is 42.2 Å². The van der Waals surface area contributed by atoms with Gasteiger partial charge in [-0.2, -0.15) is 18.3 Å². The van der Waals surface area contributed by atoms with Gasteiger partial charge in [0, 0.05) is 30.2 Å². The molecule has 2 aromatic heterocycles. The zero-order valence-corrected chi connectivity index (χ0v) is 12.4. The van der Waals surface area contributed by atoms with Crippen LogP contribution in [0.2, 0.25) is 0 Å². The lowest BCUT2D eigenvalue weighted by atomic mass is 10.2. The molecule has 0 bridgehead atoms. The Morgan fingerprint density at radius 1 is 1.22 bits per heavy atom. The average Bonchev–Trinajstić information content (AvgIpc) is 3.18. The van der Waals surface area contributed by atoms with Gasteiger partial charge in [0.05, 0.1) is 11.8 Å². The van der Waals surface area contributed by atoms with Gasteiger partial charge in [-0.05, 0) is 31.0 Å². The quantitative estimate of drug-likeness (QED) is 0.667. The highest BCUT2D eigenvalue weighted by Crippen LogP contribution is 2.30. The van der Waals surface area contributed by atoms with Gasteiger partial charge in [-0.1, -0.05) is 12.8 Å². The average molecular weight is 322 g/mol. The number of anilines is 1. The molecular formula is C16H17F3N4. The van der Waals surface area contributed by atoms with E-state index in [1.165, 1.54) is 31.7 Å². The van der Waals surface area contributed by atoms with Crippen LogP contribution in [0.1, 0.15) is 42.9 Å². The summed E-state index contributed by atoms with van der Waals surface area (Å²) in [5.41, 5.74) is 2.80. The van der Waals surface area contributed by atoms with Crippen molar-refractivity contribution >= 4 is 12.0 Å². The van der Waals surface area contributed by atoms with Crippen LogP contribution in [0.25, 0.3) is 0 Å². The van der Waals surface area contributed by atoms with Gasteiger partial charge in [0.2, 0.25) is 0 Å². The van der Waals surface area contributed by atoms with Crippen molar-refractivity contribution in [3.63, 3.8) is 0 Å². The molecule has 1 aliphatic rings. The zero-order valence-electron chi connectivity index (χ0n) is 12.4. The van der Waals surface area contributed by atoms with Crippen molar-refractivity contribution in [2.45, 2.75) is 37.9 Å². The Hall–Kier alpha value is -2.31. The summed E-state index contributed by atoms with van der Waals surface area (Å²) in [5, 5.41) is 4.01. The number of halogens is 3. The second-order valence-electron chi connectivity index (χ2n) is 5.63. The number of aromatic nitrogens is 2. The summed E-state index contributed by atoms with van der Waals surface area (Å²) < 4.78 is 39.5. The predicted octanol–water partition coefficient (Wildman–Crippen LogP) is 4.46. The number of nitrogens with zero attached hydrogens (tertiary/aromatic N) is 3. The minimum atomic E-state index is -4.38. The van der Waals surface area contributed by atoms with E-state index in [0.717, 1.165) is 17.8 Å². The number of alkyl halides is 3. The Morgan fingerprint density at radius 2 is 2.00 bits per heavy atom. The summed E-state index contributed by atoms with van der Waals surface area (Å²) in [7, 11) is 0. The molecule has 1 saturated carbocycles. The van der Waals surface area contributed by atoms with Gasteiger partial charge < -0.3 is 4.57 Å². The first-order valence-corrected chi connectivity index (χ1v) is 7.52. The van der Waals surface area contributed by atoms with E-state index in [9.17, 15) is 13.2 Å². The van der Waals surface area contributed by atoms with Crippen LogP contribution in [0.5, 0.6) is 0 Å². The monoisotopic (exact) mass is 322 g/mol. The molecule has 2 aromatic rings. The van der Waals surface area contributed by atoms with Gasteiger partial charge in [-0.3, -0.25) is 5.43 Å². The van der Waals surface area contributed by atoms with Crippen molar-refractivity contribution in [3.8, 4) is 0 Å². The van der Waals surface area contributed by atoms with E-state index in [1.54, 1.807) is 6.21 Å². The molecular weight excluding hydrogens is 305 g/mol. The fourth-order valence-electron chi connectivity index (χ4n) is 2.74. The summed E-state index contributed by atoms with van der Waals surface area (Å²) in [6, 6.07) is 4.76. The highest BCUT2D eigenvalue weighted by molar-refractivity contribution is 5.79. The number of hydrogen-bond donors (Lipinski definition) is 1. The summed E-state index contributed by atoms with van der Waals surface area (Å²) in [6.07, 6.45) is 7.06. The fraction of sp³-hybridized carbons (Fsp3) is 0.375. The van der Waals surface area contributed by atoms with Gasteiger partial charge in [0.25, 0.3) is 0 Å². The molecule has 0 radical (unpaired) electrons. The summed E-state index contributed by atoms with van der Waals surface area (Å²) in [6.45, 7) is 0. The van der Waals surface area contributed by atoms with Crippen LogP contribution in [0.15, 0.2) is 41.9 Å². The number of hydrazone groups is 1. The van der Waals surface area contributed by atoms with Crippen molar-refractivity contribution in [2.24, 2.45) is 5.10 Å². The van der Waals surface area contributed by atoms with Crippen molar-refractivity contribution in [3.05, 3.63) is 47.9 Å². The van der Waals surface area contributed by atoms with Crippen LogP contribution in [0, 0.1) is 0 Å². The first-order valence-electron chi connectivity index (χ1n) is 7.52. The van der Waals surface area contributed by atoms with Gasteiger partial charge in [-0.15, -0.1) is 0 Å². The summed E-state index contributed by atoms with van der Waals surface area (Å²) >= 11 is 0. The number of nitrogens with one attached hydrogen (secondary N) is 1. The highest BCUT2D eigenvalue weighted by Gasteiger charge is 2.30. The van der Waals surface area contributed by atoms with E-state index in [0.29, 0.717) is 6.04 Å². The van der Waals surface area contributed by atoms with Crippen molar-refractivity contribution in [2.75, 3.05) is 5.43 Å². The minimum absolute atomic E-state index is 0.268. The Morgan fingerprint density at radius 3 is 2.65 bits per heavy atom. The first-order chi connectivity index (χ1) is 11.0. The van der Waals surface area contributed by atoms with E-state index in [4.69, 9.17) is 0 Å². The van der Waals surface area contributed by atoms with Crippen LogP contribution in [0.4, 0.5) is 19.0 Å². The summed E-state index contributed by atoms with van der Waals surface area (Å²) in [4.78, 5) is 3.69. The maximum Gasteiger partial charge on any atom is 0.417 e. The number of rotatable bonds is 4. The van der Waals surface area contributed by atoms with Crippen molar-refractivity contribution < 1.29 is 13.2 Å². The standard InChI is InChI=1S/C16H17F3N4/c17-16(18,19)13-5-6-15(20-10-13)22-21-9-12-7-8-23(11-12)14-3-1-2-4-14/h5-11,14H,1-4H2,(H,20,22)/b21-9+. The molecule has 0 atom stereocenters. The second-order valence-corrected chi connectivity index (χ2v) is 5.63. The van der Waals surface area contributed by atoms with E-state index in [2.05, 4.69) is 20.1 Å². The third-order valence-electron chi connectivity index (χ3n) is 3.97. The van der Waals surface area contributed by atoms with Crippen LogP contribution in [0.3, 0.4) is 0 Å². The maximum atomic E-state index is 12.4. The third-order valence-corrected chi connectivity index (χ3v) is 3.97. The fourth-order valence-corrected chi connectivity index (χ4v) is 2.74. The van der Waals surface area contributed by atoms with Gasteiger partial charge >= 0.3 is 6.18 Å². The molecule has 0 amide bonds. The van der Waals surface area contributed by atoms with Crippen molar-refractivity contribution in [1.82, 2.24) is 9.55 Å². The molecule has 23 heavy (non-hydrogen) atoms. The molecule has 3 rings (SSSR count). The van der Waals surface area contributed by atoms with E-state index < -0.39 is 11.7 Å². The largest absolute Gasteiger partial charge is 0.417 e. The maximum absolute atomic E-state index is 12.4. The minimum Gasteiger partial charge on any atom is -0.351 e. The lowest BCUT2D eigenvalue weighted by Crippen LogP contribution is -2.05. The van der Waals surface area contributed by atoms with Gasteiger partial charge in [0.1, 0.15) is 5.82 Å². The molecule has 0 aromatic carbocycles. The molecule has 0 aliphatic heterocycles. The molecule has 0 unspecified atom stereocenters. The van der Waals surface area contributed by atoms with Crippen LogP contribution in [-0.4, -0.2) is 15.8 Å². The molecule has 7 heteroatoms. The molecule has 2 heterocycles. The molecule has 0 spiro atoms. The molecule has 4 nitrogen and oxygen atoms in total. The third kappa shape index (κ3) is 3.91. The lowest BCUT2D eigenvalue weighted by molar-refractivity contribution is -0.137. The Balaban J connectivity index is 1.58. The molecule has 0 saturated heterocycles. The van der Waals surface area contributed by atoms with E-state index >= 15 is 0 Å². The van der Waals surface area contributed by atoms with Crippen molar-refractivity contribution in [1.29, 1.82) is 0 Å².